The van der Waals surface area contributed by atoms with Crippen molar-refractivity contribution in [2.45, 2.75) is 38.5 Å². The molecule has 18 heavy (non-hydrogen) atoms. The molecule has 1 saturated carbocycles. The zero-order chi connectivity index (χ0) is 13.2. The number of aromatic nitrogens is 2. The van der Waals surface area contributed by atoms with Gasteiger partial charge in [-0.2, -0.15) is 12.7 Å². The van der Waals surface area contributed by atoms with E-state index in [1.807, 2.05) is 0 Å². The van der Waals surface area contributed by atoms with E-state index in [9.17, 15) is 8.42 Å². The van der Waals surface area contributed by atoms with Crippen LogP contribution < -0.4 is 0 Å². The second kappa shape index (κ2) is 5.40. The summed E-state index contributed by atoms with van der Waals surface area (Å²) in [6, 6.07) is 0. The number of hydrogen-bond donors (Lipinski definition) is 0. The molecule has 0 radical (unpaired) electrons. The van der Waals surface area contributed by atoms with Gasteiger partial charge in [0.15, 0.2) is 0 Å². The second-order valence-electron chi connectivity index (χ2n) is 5.18. The fourth-order valence-corrected chi connectivity index (χ4v) is 3.47. The summed E-state index contributed by atoms with van der Waals surface area (Å²) in [5.41, 5.74) is 0.801. The number of rotatable bonds is 4. The van der Waals surface area contributed by atoms with Crippen molar-refractivity contribution in [3.8, 4) is 0 Å². The van der Waals surface area contributed by atoms with Crippen LogP contribution in [0.5, 0.6) is 0 Å². The van der Waals surface area contributed by atoms with E-state index in [1.165, 1.54) is 46.7 Å². The lowest BCUT2D eigenvalue weighted by molar-refractivity contribution is 0.353. The Morgan fingerprint density at radius 2 is 2.00 bits per heavy atom. The average molecular weight is 271 g/mol. The van der Waals surface area contributed by atoms with Gasteiger partial charge in [-0.1, -0.05) is 32.1 Å². The molecule has 5 nitrogen and oxygen atoms in total. The first-order valence-corrected chi connectivity index (χ1v) is 7.86. The Hall–Kier alpha value is -0.880. The van der Waals surface area contributed by atoms with Crippen molar-refractivity contribution in [2.75, 3.05) is 14.1 Å². The molecule has 0 bridgehead atoms. The van der Waals surface area contributed by atoms with Gasteiger partial charge < -0.3 is 0 Å². The molecule has 0 aliphatic heterocycles. The lowest BCUT2D eigenvalue weighted by Crippen LogP contribution is -2.30. The van der Waals surface area contributed by atoms with Crippen LogP contribution >= 0.6 is 0 Å². The van der Waals surface area contributed by atoms with E-state index < -0.39 is 10.2 Å². The van der Waals surface area contributed by atoms with Gasteiger partial charge in [0.1, 0.15) is 6.33 Å². The van der Waals surface area contributed by atoms with Crippen molar-refractivity contribution < 1.29 is 8.42 Å². The maximum absolute atomic E-state index is 12.1. The van der Waals surface area contributed by atoms with Crippen molar-refractivity contribution >= 4 is 10.2 Å². The molecule has 0 unspecified atom stereocenters. The van der Waals surface area contributed by atoms with E-state index in [0.717, 1.165) is 12.1 Å². The SMILES string of the molecule is CN(C)S(=O)(=O)n1cncc1CC1CCCCC1. The van der Waals surface area contributed by atoms with Gasteiger partial charge in [0.2, 0.25) is 0 Å². The van der Waals surface area contributed by atoms with Crippen molar-refractivity contribution in [1.82, 2.24) is 13.3 Å². The molecule has 0 saturated heterocycles. The van der Waals surface area contributed by atoms with Crippen LogP contribution in [0.1, 0.15) is 37.8 Å². The highest BCUT2D eigenvalue weighted by atomic mass is 32.2. The van der Waals surface area contributed by atoms with Gasteiger partial charge in [-0.15, -0.1) is 0 Å². The molecule has 0 aromatic carbocycles. The Morgan fingerprint density at radius 3 is 2.61 bits per heavy atom. The summed E-state index contributed by atoms with van der Waals surface area (Å²) in [7, 11) is -0.345. The van der Waals surface area contributed by atoms with Crippen LogP contribution in [-0.4, -0.2) is 35.8 Å². The fraction of sp³-hybridized carbons (Fsp3) is 0.750. The first-order valence-electron chi connectivity index (χ1n) is 6.46. The summed E-state index contributed by atoms with van der Waals surface area (Å²) in [5.74, 6) is 0.603. The Kier molecular flexibility index (Phi) is 4.07. The normalized spacial score (nSPS) is 18.4. The molecule has 6 heteroatoms. The minimum Gasteiger partial charge on any atom is -0.244 e. The van der Waals surface area contributed by atoms with Gasteiger partial charge in [-0.3, -0.25) is 0 Å². The number of hydrogen-bond acceptors (Lipinski definition) is 3. The van der Waals surface area contributed by atoms with E-state index in [0.29, 0.717) is 5.92 Å². The largest absolute Gasteiger partial charge is 0.308 e. The monoisotopic (exact) mass is 271 g/mol. The summed E-state index contributed by atoms with van der Waals surface area (Å²) in [6.07, 6.45) is 10.1. The Labute approximate surface area is 109 Å². The van der Waals surface area contributed by atoms with Crippen molar-refractivity contribution in [3.05, 3.63) is 18.2 Å². The van der Waals surface area contributed by atoms with E-state index in [4.69, 9.17) is 0 Å². The van der Waals surface area contributed by atoms with Crippen LogP contribution in [0.3, 0.4) is 0 Å². The summed E-state index contributed by atoms with van der Waals surface area (Å²) in [4.78, 5) is 3.99. The topological polar surface area (TPSA) is 55.2 Å². The lowest BCUT2D eigenvalue weighted by Gasteiger charge is -2.22. The number of nitrogens with zero attached hydrogens (tertiary/aromatic N) is 3. The highest BCUT2D eigenvalue weighted by molar-refractivity contribution is 7.87. The Morgan fingerprint density at radius 1 is 1.33 bits per heavy atom. The third-order valence-corrected chi connectivity index (χ3v) is 5.36. The molecule has 1 aromatic heterocycles. The van der Waals surface area contributed by atoms with Crippen LogP contribution in [0.2, 0.25) is 0 Å². The summed E-state index contributed by atoms with van der Waals surface area (Å²) in [5, 5.41) is 0. The van der Waals surface area contributed by atoms with Crippen LogP contribution in [0, 0.1) is 5.92 Å². The van der Waals surface area contributed by atoms with Gasteiger partial charge in [-0.05, 0) is 12.3 Å². The smallest absolute Gasteiger partial charge is 0.244 e. The predicted octanol–water partition coefficient (Wildman–Crippen LogP) is 1.66. The van der Waals surface area contributed by atoms with Crippen LogP contribution in [-0.2, 0) is 16.6 Å². The van der Waals surface area contributed by atoms with Crippen LogP contribution in [0.4, 0.5) is 0 Å². The maximum atomic E-state index is 12.1. The summed E-state index contributed by atoms with van der Waals surface area (Å²) in [6.45, 7) is 0. The van der Waals surface area contributed by atoms with Gasteiger partial charge in [-0.25, -0.2) is 8.96 Å². The molecule has 1 aliphatic carbocycles. The minimum atomic E-state index is -3.43. The molecule has 0 atom stereocenters. The molecule has 2 rings (SSSR count). The molecule has 102 valence electrons. The molecule has 0 amide bonds. The quantitative estimate of drug-likeness (QED) is 0.837. The average Bonchev–Trinajstić information content (AvgIpc) is 2.79. The first kappa shape index (κ1) is 13.5. The predicted molar refractivity (Wildman–Crippen MR) is 70.5 cm³/mol. The fourth-order valence-electron chi connectivity index (χ4n) is 2.52. The highest BCUT2D eigenvalue weighted by Crippen LogP contribution is 2.27. The summed E-state index contributed by atoms with van der Waals surface area (Å²) < 4.78 is 26.7. The highest BCUT2D eigenvalue weighted by Gasteiger charge is 2.22. The Bertz CT molecular complexity index is 487. The van der Waals surface area contributed by atoms with Crippen LogP contribution in [0.25, 0.3) is 0 Å². The van der Waals surface area contributed by atoms with E-state index in [2.05, 4.69) is 4.98 Å². The minimum absolute atomic E-state index is 0.603. The van der Waals surface area contributed by atoms with Gasteiger partial charge >= 0.3 is 10.2 Å². The second-order valence-corrected chi connectivity index (χ2v) is 7.20. The molecule has 1 fully saturated rings. The van der Waals surface area contributed by atoms with Gasteiger partial charge in [0.25, 0.3) is 0 Å². The molecule has 0 N–H and O–H groups in total. The molecule has 1 aliphatic rings. The molecule has 1 aromatic rings. The summed E-state index contributed by atoms with van der Waals surface area (Å²) >= 11 is 0. The van der Waals surface area contributed by atoms with E-state index >= 15 is 0 Å². The van der Waals surface area contributed by atoms with Crippen molar-refractivity contribution in [2.24, 2.45) is 5.92 Å². The third kappa shape index (κ3) is 2.75. The lowest BCUT2D eigenvalue weighted by atomic mass is 9.86. The van der Waals surface area contributed by atoms with Crippen LogP contribution in [0.15, 0.2) is 12.5 Å². The van der Waals surface area contributed by atoms with Crippen molar-refractivity contribution in [3.63, 3.8) is 0 Å². The van der Waals surface area contributed by atoms with Crippen molar-refractivity contribution in [1.29, 1.82) is 0 Å². The third-order valence-electron chi connectivity index (χ3n) is 3.61. The molecule has 1 heterocycles. The van der Waals surface area contributed by atoms with Gasteiger partial charge in [0.05, 0.1) is 5.69 Å². The number of imidazole rings is 1. The standard InChI is InChI=1S/C12H21N3O2S/c1-14(2)18(16,17)15-10-13-9-12(15)8-11-6-4-3-5-7-11/h9-11H,3-8H2,1-2H3. The Balaban J connectivity index is 2.17. The van der Waals surface area contributed by atoms with E-state index in [-0.39, 0.29) is 0 Å². The zero-order valence-corrected chi connectivity index (χ0v) is 11.9. The molecular weight excluding hydrogens is 250 g/mol. The van der Waals surface area contributed by atoms with E-state index in [1.54, 1.807) is 20.3 Å². The van der Waals surface area contributed by atoms with Gasteiger partial charge in [0, 0.05) is 20.3 Å². The molecular formula is C12H21N3O2S. The first-order chi connectivity index (χ1) is 8.51. The molecule has 0 spiro atoms. The zero-order valence-electron chi connectivity index (χ0n) is 11.0. The maximum Gasteiger partial charge on any atom is 0.308 e.